The molecule has 106 valence electrons. The van der Waals surface area contributed by atoms with E-state index in [4.69, 9.17) is 4.74 Å². The van der Waals surface area contributed by atoms with Crippen molar-refractivity contribution in [2.24, 2.45) is 0 Å². The van der Waals surface area contributed by atoms with Crippen LogP contribution in [-0.4, -0.2) is 13.7 Å². The average molecular weight is 281 g/mol. The highest BCUT2D eigenvalue weighted by Gasteiger charge is 2.17. The third-order valence-electron chi connectivity index (χ3n) is 2.94. The zero-order valence-electron chi connectivity index (χ0n) is 10.9. The van der Waals surface area contributed by atoms with Crippen LogP contribution in [0.4, 0.5) is 13.2 Å². The minimum atomic E-state index is -0.784. The van der Waals surface area contributed by atoms with Gasteiger partial charge in [-0.25, -0.2) is 13.2 Å². The van der Waals surface area contributed by atoms with Gasteiger partial charge >= 0.3 is 0 Å². The maximum atomic E-state index is 13.7. The number of halogens is 3. The molecule has 2 aromatic carbocycles. The first-order valence-corrected chi connectivity index (χ1v) is 6.12. The number of hydrogen-bond acceptors (Lipinski definition) is 2. The molecule has 1 unspecified atom stereocenters. The maximum Gasteiger partial charge on any atom is 0.190 e. The molecule has 0 heterocycles. The fraction of sp³-hybridized carbons (Fsp3) is 0.200. The zero-order valence-corrected chi connectivity index (χ0v) is 10.9. The van der Waals surface area contributed by atoms with Crippen LogP contribution in [0.5, 0.6) is 5.75 Å². The van der Waals surface area contributed by atoms with Crippen LogP contribution in [-0.2, 0) is 0 Å². The Morgan fingerprint density at radius 3 is 2.15 bits per heavy atom. The van der Waals surface area contributed by atoms with Gasteiger partial charge in [-0.2, -0.15) is 0 Å². The Bertz CT molecular complexity index is 569. The van der Waals surface area contributed by atoms with E-state index in [1.165, 1.54) is 12.1 Å². The summed E-state index contributed by atoms with van der Waals surface area (Å²) in [6, 6.07) is 9.14. The molecule has 0 aliphatic carbocycles. The quantitative estimate of drug-likeness (QED) is 0.906. The molecule has 2 nitrogen and oxygen atoms in total. The molecule has 0 aliphatic heterocycles. The molecule has 2 rings (SSSR count). The van der Waals surface area contributed by atoms with Crippen molar-refractivity contribution in [2.75, 3.05) is 13.7 Å². The number of ether oxygens (including phenoxy) is 1. The molecule has 0 aromatic heterocycles. The summed E-state index contributed by atoms with van der Waals surface area (Å²) in [6.07, 6.45) is 0. The first kappa shape index (κ1) is 14.4. The van der Waals surface area contributed by atoms with E-state index in [-0.39, 0.29) is 6.61 Å². The van der Waals surface area contributed by atoms with Gasteiger partial charge in [-0.1, -0.05) is 24.3 Å². The van der Waals surface area contributed by atoms with Crippen LogP contribution in [0.25, 0.3) is 0 Å². The van der Waals surface area contributed by atoms with Crippen LogP contribution < -0.4 is 10.1 Å². The predicted molar refractivity (Wildman–Crippen MR) is 70.1 cm³/mol. The molecule has 1 N–H and O–H groups in total. The number of likely N-dealkylation sites (N-methyl/N-ethyl adjacent to an activating group) is 1. The Morgan fingerprint density at radius 2 is 1.55 bits per heavy atom. The van der Waals surface area contributed by atoms with Crippen molar-refractivity contribution in [3.63, 3.8) is 0 Å². The van der Waals surface area contributed by atoms with Gasteiger partial charge in [-0.3, -0.25) is 0 Å². The van der Waals surface area contributed by atoms with E-state index >= 15 is 0 Å². The van der Waals surface area contributed by atoms with Crippen LogP contribution >= 0.6 is 0 Å². The molecule has 0 bridgehead atoms. The smallest absolute Gasteiger partial charge is 0.190 e. The standard InChI is InChI=1S/C15H14F3NO/c1-19-14(10-5-2-3-6-11(10)16)9-20-15-12(17)7-4-8-13(15)18/h2-8,14,19H,9H2,1H3. The molecule has 2 aromatic rings. The Morgan fingerprint density at radius 1 is 0.950 bits per heavy atom. The predicted octanol–water partition coefficient (Wildman–Crippen LogP) is 3.44. The fourth-order valence-corrected chi connectivity index (χ4v) is 1.87. The topological polar surface area (TPSA) is 21.3 Å². The molecule has 1 atom stereocenters. The minimum Gasteiger partial charge on any atom is -0.486 e. The monoisotopic (exact) mass is 281 g/mol. The molecule has 0 saturated heterocycles. The van der Waals surface area contributed by atoms with E-state index in [1.54, 1.807) is 25.2 Å². The van der Waals surface area contributed by atoms with Crippen molar-refractivity contribution in [1.82, 2.24) is 5.32 Å². The van der Waals surface area contributed by atoms with E-state index in [9.17, 15) is 13.2 Å². The van der Waals surface area contributed by atoms with Gasteiger partial charge in [0, 0.05) is 5.56 Å². The van der Waals surface area contributed by atoms with Crippen molar-refractivity contribution in [2.45, 2.75) is 6.04 Å². The summed E-state index contributed by atoms with van der Waals surface area (Å²) in [7, 11) is 1.62. The lowest BCUT2D eigenvalue weighted by Gasteiger charge is -2.18. The summed E-state index contributed by atoms with van der Waals surface area (Å²) >= 11 is 0. The molecule has 20 heavy (non-hydrogen) atoms. The van der Waals surface area contributed by atoms with Gasteiger partial charge in [0.1, 0.15) is 12.4 Å². The van der Waals surface area contributed by atoms with Crippen molar-refractivity contribution in [3.8, 4) is 5.75 Å². The van der Waals surface area contributed by atoms with Crippen molar-refractivity contribution in [1.29, 1.82) is 0 Å². The lowest BCUT2D eigenvalue weighted by Crippen LogP contribution is -2.24. The molecule has 0 saturated carbocycles. The molecule has 0 radical (unpaired) electrons. The SMILES string of the molecule is CNC(COc1c(F)cccc1F)c1ccccc1F. The highest BCUT2D eigenvalue weighted by Crippen LogP contribution is 2.23. The summed E-state index contributed by atoms with van der Waals surface area (Å²) in [6.45, 7) is -0.0880. The second-order valence-electron chi connectivity index (χ2n) is 4.22. The Kier molecular flexibility index (Phi) is 4.63. The number of hydrogen-bond donors (Lipinski definition) is 1. The maximum absolute atomic E-state index is 13.7. The third kappa shape index (κ3) is 3.11. The molecule has 0 amide bonds. The molecule has 5 heteroatoms. The van der Waals surface area contributed by atoms with Gasteiger partial charge in [0.05, 0.1) is 6.04 Å². The highest BCUT2D eigenvalue weighted by atomic mass is 19.1. The fourth-order valence-electron chi connectivity index (χ4n) is 1.87. The lowest BCUT2D eigenvalue weighted by molar-refractivity contribution is 0.247. The van der Waals surface area contributed by atoms with Crippen LogP contribution in [0.3, 0.4) is 0 Å². The summed E-state index contributed by atoms with van der Waals surface area (Å²) in [5.74, 6) is -2.42. The summed E-state index contributed by atoms with van der Waals surface area (Å²) in [5, 5.41) is 2.86. The van der Waals surface area contributed by atoms with Crippen LogP contribution in [0.2, 0.25) is 0 Å². The second-order valence-corrected chi connectivity index (χ2v) is 4.22. The van der Waals surface area contributed by atoms with Gasteiger partial charge in [0.2, 0.25) is 0 Å². The van der Waals surface area contributed by atoms with E-state index in [0.29, 0.717) is 5.56 Å². The van der Waals surface area contributed by atoms with Gasteiger partial charge in [0.15, 0.2) is 17.4 Å². The summed E-state index contributed by atoms with van der Waals surface area (Å²) in [4.78, 5) is 0. The van der Waals surface area contributed by atoms with Gasteiger partial charge in [-0.15, -0.1) is 0 Å². The van der Waals surface area contributed by atoms with Gasteiger partial charge < -0.3 is 10.1 Å². The van der Waals surface area contributed by atoms with Crippen molar-refractivity contribution in [3.05, 3.63) is 65.5 Å². The number of benzene rings is 2. The Hall–Kier alpha value is -2.01. The molecule has 0 aliphatic rings. The normalized spacial score (nSPS) is 12.2. The molecular weight excluding hydrogens is 267 g/mol. The van der Waals surface area contributed by atoms with Crippen molar-refractivity contribution < 1.29 is 17.9 Å². The Balaban J connectivity index is 2.14. The first-order chi connectivity index (χ1) is 9.63. The average Bonchev–Trinajstić information content (AvgIpc) is 2.44. The molecular formula is C15H14F3NO. The van der Waals surface area contributed by atoms with Crippen LogP contribution in [0.15, 0.2) is 42.5 Å². The number of nitrogens with one attached hydrogen (secondary N) is 1. The van der Waals surface area contributed by atoms with E-state index < -0.39 is 29.2 Å². The van der Waals surface area contributed by atoms with Crippen molar-refractivity contribution >= 4 is 0 Å². The van der Waals surface area contributed by atoms with Crippen LogP contribution in [0.1, 0.15) is 11.6 Å². The summed E-state index contributed by atoms with van der Waals surface area (Å²) in [5.41, 5.74) is 0.381. The largest absolute Gasteiger partial charge is 0.486 e. The zero-order chi connectivity index (χ0) is 14.5. The third-order valence-corrected chi connectivity index (χ3v) is 2.94. The molecule has 0 fully saturated rings. The van der Waals surface area contributed by atoms with Gasteiger partial charge in [-0.05, 0) is 25.2 Å². The summed E-state index contributed by atoms with van der Waals surface area (Å²) < 4.78 is 45.7. The second kappa shape index (κ2) is 6.43. The Labute approximate surface area is 115 Å². The van der Waals surface area contributed by atoms with E-state index in [2.05, 4.69) is 5.32 Å². The first-order valence-electron chi connectivity index (χ1n) is 6.12. The lowest BCUT2D eigenvalue weighted by atomic mass is 10.1. The van der Waals surface area contributed by atoms with E-state index in [1.807, 2.05) is 0 Å². The van der Waals surface area contributed by atoms with Crippen LogP contribution in [0, 0.1) is 17.5 Å². The molecule has 0 spiro atoms. The van der Waals surface area contributed by atoms with E-state index in [0.717, 1.165) is 12.1 Å². The highest BCUT2D eigenvalue weighted by molar-refractivity contribution is 5.27. The number of rotatable bonds is 5. The number of para-hydroxylation sites is 1. The van der Waals surface area contributed by atoms with Gasteiger partial charge in [0.25, 0.3) is 0 Å². The minimum absolute atomic E-state index is 0.0880.